The average molecular weight is 431 g/mol. The first-order valence-electron chi connectivity index (χ1n) is 11.1. The number of rotatable bonds is 5. The third-order valence-corrected chi connectivity index (χ3v) is 7.78. The van der Waals surface area contributed by atoms with Crippen molar-refractivity contribution in [3.8, 4) is 5.75 Å². The van der Waals surface area contributed by atoms with Gasteiger partial charge in [-0.2, -0.15) is 0 Å². The maximum Gasteiger partial charge on any atom is 0.236 e. The predicted molar refractivity (Wildman–Crippen MR) is 117 cm³/mol. The number of hydrogen-bond acceptors (Lipinski definition) is 2. The molecule has 3 fully saturated rings. The van der Waals surface area contributed by atoms with Gasteiger partial charge in [0.2, 0.25) is 5.91 Å². The van der Waals surface area contributed by atoms with Gasteiger partial charge in [0.25, 0.3) is 0 Å². The number of amides is 1. The molecular weight excluding hydrogens is 408 g/mol. The lowest BCUT2D eigenvalue weighted by Gasteiger charge is -2.49. The number of phenolic OH excluding ortho intramolecular Hbond substituents is 1. The van der Waals surface area contributed by atoms with Crippen molar-refractivity contribution in [2.45, 2.75) is 37.1 Å². The van der Waals surface area contributed by atoms with Gasteiger partial charge >= 0.3 is 0 Å². The lowest BCUT2D eigenvalue weighted by molar-refractivity contribution is -0.133. The highest BCUT2D eigenvalue weighted by Crippen LogP contribution is 2.74. The molecule has 3 nitrogen and oxygen atoms in total. The van der Waals surface area contributed by atoms with Gasteiger partial charge in [-0.1, -0.05) is 24.3 Å². The largest absolute Gasteiger partial charge is 0.508 e. The molecule has 0 radical (unpaired) electrons. The predicted octanol–water partition coefficient (Wildman–Crippen LogP) is 5.89. The van der Waals surface area contributed by atoms with Crippen molar-refractivity contribution in [1.82, 2.24) is 0 Å². The van der Waals surface area contributed by atoms with E-state index in [4.69, 9.17) is 0 Å². The van der Waals surface area contributed by atoms with Crippen LogP contribution in [0.4, 0.5) is 14.5 Å². The Bertz CT molecular complexity index is 1190. The van der Waals surface area contributed by atoms with Crippen LogP contribution >= 0.6 is 0 Å². The molecule has 5 heteroatoms. The molecule has 162 valence electrons. The number of benzene rings is 3. The molecule has 2 unspecified atom stereocenters. The molecule has 1 N–H and O–H groups in total. The molecule has 2 aliphatic carbocycles. The maximum atomic E-state index is 13.5. The number of carbonyl (C=O) groups is 1. The van der Waals surface area contributed by atoms with Crippen LogP contribution in [0.2, 0.25) is 0 Å². The smallest absolute Gasteiger partial charge is 0.236 e. The van der Waals surface area contributed by atoms with Gasteiger partial charge in [0.05, 0.1) is 11.5 Å². The van der Waals surface area contributed by atoms with Crippen LogP contribution in [0, 0.1) is 23.0 Å². The molecule has 1 spiro atoms. The molecule has 3 aliphatic rings. The van der Waals surface area contributed by atoms with Crippen molar-refractivity contribution in [3.63, 3.8) is 0 Å². The number of halogens is 2. The second-order valence-electron chi connectivity index (χ2n) is 9.58. The molecule has 6 rings (SSSR count). The molecule has 3 atom stereocenters. The summed E-state index contributed by atoms with van der Waals surface area (Å²) in [5.74, 6) is -0.0525. The average Bonchev–Trinajstić information content (AvgIpc) is 3.72. The Labute approximate surface area is 185 Å². The van der Waals surface area contributed by atoms with E-state index in [2.05, 4.69) is 0 Å². The number of β-lactam (4-membered cyclic amide) rings is 1. The van der Waals surface area contributed by atoms with E-state index >= 15 is 0 Å². The lowest BCUT2D eigenvalue weighted by atomic mass is 9.75. The highest BCUT2D eigenvalue weighted by Gasteiger charge is 2.75. The number of carbonyl (C=O) groups excluding carboxylic acids is 1. The number of nitrogens with zero attached hydrogens (tertiary/aromatic N) is 1. The summed E-state index contributed by atoms with van der Waals surface area (Å²) < 4.78 is 26.9. The van der Waals surface area contributed by atoms with E-state index in [1.807, 2.05) is 24.3 Å². The van der Waals surface area contributed by atoms with Gasteiger partial charge in [-0.3, -0.25) is 4.79 Å². The van der Waals surface area contributed by atoms with Crippen LogP contribution in [0.5, 0.6) is 5.75 Å². The first kappa shape index (κ1) is 19.5. The fourth-order valence-corrected chi connectivity index (χ4v) is 5.83. The van der Waals surface area contributed by atoms with Crippen LogP contribution in [0.3, 0.4) is 0 Å². The topological polar surface area (TPSA) is 40.5 Å². The minimum Gasteiger partial charge on any atom is -0.508 e. The fourth-order valence-electron chi connectivity index (χ4n) is 5.83. The first-order valence-corrected chi connectivity index (χ1v) is 11.1. The van der Waals surface area contributed by atoms with E-state index in [1.54, 1.807) is 29.2 Å². The SMILES string of the molecule is O=C1N(c2ccc(F)cc2)C(c2ccc(O)cc2)[C@@]12CC2CC1(c2ccc(F)cc2)CC1. The number of anilines is 1. The number of aromatic hydroxyl groups is 1. The van der Waals surface area contributed by atoms with Crippen molar-refractivity contribution < 1.29 is 18.7 Å². The molecule has 1 aliphatic heterocycles. The third-order valence-electron chi connectivity index (χ3n) is 7.78. The molecule has 1 heterocycles. The van der Waals surface area contributed by atoms with Gasteiger partial charge in [-0.25, -0.2) is 8.78 Å². The second kappa shape index (κ2) is 6.64. The molecule has 2 saturated carbocycles. The van der Waals surface area contributed by atoms with Crippen LogP contribution in [0.15, 0.2) is 72.8 Å². The Morgan fingerprint density at radius 3 is 2.06 bits per heavy atom. The van der Waals surface area contributed by atoms with Gasteiger partial charge in [0.1, 0.15) is 17.4 Å². The van der Waals surface area contributed by atoms with Crippen molar-refractivity contribution in [1.29, 1.82) is 0 Å². The van der Waals surface area contributed by atoms with Gasteiger partial charge in [0, 0.05) is 5.69 Å². The summed E-state index contributed by atoms with van der Waals surface area (Å²) in [5.41, 5.74) is 2.40. The molecule has 3 aromatic rings. The molecule has 0 bridgehead atoms. The van der Waals surface area contributed by atoms with Gasteiger partial charge in [-0.15, -0.1) is 0 Å². The summed E-state index contributed by atoms with van der Waals surface area (Å²) in [6, 6.07) is 19.7. The van der Waals surface area contributed by atoms with E-state index in [9.17, 15) is 18.7 Å². The molecule has 32 heavy (non-hydrogen) atoms. The van der Waals surface area contributed by atoms with Crippen LogP contribution in [0.25, 0.3) is 0 Å². The summed E-state index contributed by atoms with van der Waals surface area (Å²) in [6.07, 6.45) is 3.85. The number of phenols is 1. The molecule has 1 saturated heterocycles. The normalized spacial score (nSPS) is 27.3. The van der Waals surface area contributed by atoms with Gasteiger partial charge in [-0.05, 0) is 96.7 Å². The summed E-state index contributed by atoms with van der Waals surface area (Å²) in [7, 11) is 0. The monoisotopic (exact) mass is 431 g/mol. The van der Waals surface area contributed by atoms with E-state index in [1.165, 1.54) is 24.3 Å². The summed E-state index contributed by atoms with van der Waals surface area (Å²) in [5, 5.41) is 9.75. The molecule has 1 amide bonds. The molecule has 3 aromatic carbocycles. The first-order chi connectivity index (χ1) is 15.4. The summed E-state index contributed by atoms with van der Waals surface area (Å²) in [6.45, 7) is 0. The van der Waals surface area contributed by atoms with E-state index in [-0.39, 0.29) is 40.7 Å². The lowest BCUT2D eigenvalue weighted by Crippen LogP contribution is -2.58. The van der Waals surface area contributed by atoms with Crippen molar-refractivity contribution in [2.75, 3.05) is 4.90 Å². The summed E-state index contributed by atoms with van der Waals surface area (Å²) >= 11 is 0. The number of hydrogen-bond donors (Lipinski definition) is 1. The van der Waals surface area contributed by atoms with Crippen molar-refractivity contribution in [2.24, 2.45) is 11.3 Å². The van der Waals surface area contributed by atoms with E-state index in [0.717, 1.165) is 36.8 Å². The van der Waals surface area contributed by atoms with Crippen LogP contribution < -0.4 is 4.90 Å². The fraction of sp³-hybridized carbons (Fsp3) is 0.296. The highest BCUT2D eigenvalue weighted by molar-refractivity contribution is 6.08. The van der Waals surface area contributed by atoms with Crippen LogP contribution in [0.1, 0.15) is 42.9 Å². The maximum absolute atomic E-state index is 13.5. The van der Waals surface area contributed by atoms with Crippen LogP contribution in [-0.2, 0) is 10.2 Å². The summed E-state index contributed by atoms with van der Waals surface area (Å²) in [4.78, 5) is 15.3. The van der Waals surface area contributed by atoms with Crippen molar-refractivity contribution in [3.05, 3.63) is 95.6 Å². The highest BCUT2D eigenvalue weighted by atomic mass is 19.1. The zero-order valence-electron chi connectivity index (χ0n) is 17.5. The zero-order chi connectivity index (χ0) is 22.1. The standard InChI is InChI=1S/C27H23F2NO2/c28-20-5-3-18(4-6-20)26(13-14-26)15-19-16-27(19)24(17-1-11-23(31)12-2-17)30(25(27)32)22-9-7-21(29)8-10-22/h1-12,19,24,31H,13-16H2/t19?,24?,27-/m0/s1. The Morgan fingerprint density at radius 2 is 1.47 bits per heavy atom. The Morgan fingerprint density at radius 1 is 0.875 bits per heavy atom. The zero-order valence-corrected chi connectivity index (χ0v) is 17.5. The molecular formula is C27H23F2NO2. The Balaban J connectivity index is 1.32. The van der Waals surface area contributed by atoms with E-state index < -0.39 is 5.41 Å². The van der Waals surface area contributed by atoms with E-state index in [0.29, 0.717) is 5.69 Å². The van der Waals surface area contributed by atoms with Crippen molar-refractivity contribution >= 4 is 11.6 Å². The third kappa shape index (κ3) is 2.80. The minimum absolute atomic E-state index is 0.0396. The molecule has 0 aromatic heterocycles. The van der Waals surface area contributed by atoms with Crippen LogP contribution in [-0.4, -0.2) is 11.0 Å². The van der Waals surface area contributed by atoms with Gasteiger partial charge in [0.15, 0.2) is 0 Å². The Hall–Kier alpha value is -3.21. The quantitative estimate of drug-likeness (QED) is 0.512. The van der Waals surface area contributed by atoms with Gasteiger partial charge < -0.3 is 10.0 Å². The second-order valence-corrected chi connectivity index (χ2v) is 9.58. The Kier molecular flexibility index (Phi) is 4.04. The minimum atomic E-state index is -0.457.